The molecule has 1 heterocycles. The highest BCUT2D eigenvalue weighted by Gasteiger charge is 2.15. The first-order valence-corrected chi connectivity index (χ1v) is 9.62. The molecule has 0 amide bonds. The summed E-state index contributed by atoms with van der Waals surface area (Å²) in [6.45, 7) is 8.28. The summed E-state index contributed by atoms with van der Waals surface area (Å²) in [6.07, 6.45) is 0. The minimum Gasteiger partial charge on any atom is -0.394 e. The molecule has 0 unspecified atom stereocenters. The fourth-order valence-electron chi connectivity index (χ4n) is 2.93. The van der Waals surface area contributed by atoms with Gasteiger partial charge in [-0.3, -0.25) is 0 Å². The lowest BCUT2D eigenvalue weighted by molar-refractivity contribution is 0.248. The van der Waals surface area contributed by atoms with E-state index in [1.165, 1.54) is 5.56 Å². The molecule has 0 spiro atoms. The Morgan fingerprint density at radius 2 is 1.71 bits per heavy atom. The Bertz CT molecular complexity index is 925. The van der Waals surface area contributed by atoms with E-state index in [0.717, 1.165) is 22.5 Å². The van der Waals surface area contributed by atoms with E-state index in [2.05, 4.69) is 66.5 Å². The molecule has 0 aliphatic carbocycles. The first-order chi connectivity index (χ1) is 13.5. The number of hydrogen-bond acceptors (Lipinski definition) is 5. The zero-order chi connectivity index (χ0) is 20.1. The molecule has 146 valence electrons. The molecule has 0 radical (unpaired) electrons. The van der Waals surface area contributed by atoms with Crippen LogP contribution in [-0.2, 0) is 0 Å². The van der Waals surface area contributed by atoms with Gasteiger partial charge in [0.25, 0.3) is 0 Å². The zero-order valence-corrected chi connectivity index (χ0v) is 16.9. The molecule has 5 nitrogen and oxygen atoms in total. The van der Waals surface area contributed by atoms with Crippen molar-refractivity contribution in [3.05, 3.63) is 65.7 Å². The van der Waals surface area contributed by atoms with Crippen molar-refractivity contribution in [2.45, 2.75) is 33.7 Å². The van der Waals surface area contributed by atoms with Crippen LogP contribution in [0, 0.1) is 19.8 Å². The van der Waals surface area contributed by atoms with Crippen LogP contribution in [0.2, 0.25) is 0 Å². The van der Waals surface area contributed by atoms with Gasteiger partial charge in [-0.15, -0.1) is 0 Å². The molecule has 0 saturated heterocycles. The number of nitrogens with zero attached hydrogens (tertiary/aromatic N) is 2. The summed E-state index contributed by atoms with van der Waals surface area (Å²) in [5.74, 6) is 1.47. The van der Waals surface area contributed by atoms with Crippen LogP contribution in [-0.4, -0.2) is 27.7 Å². The van der Waals surface area contributed by atoms with Gasteiger partial charge < -0.3 is 15.7 Å². The molecule has 3 rings (SSSR count). The lowest BCUT2D eigenvalue weighted by Crippen LogP contribution is -2.30. The summed E-state index contributed by atoms with van der Waals surface area (Å²) < 4.78 is 0. The van der Waals surface area contributed by atoms with Crippen molar-refractivity contribution in [3.63, 3.8) is 0 Å². The van der Waals surface area contributed by atoms with Crippen LogP contribution in [0.25, 0.3) is 11.3 Å². The number of aliphatic hydroxyl groups is 1. The van der Waals surface area contributed by atoms with E-state index in [-0.39, 0.29) is 18.6 Å². The normalized spacial score (nSPS) is 12.1. The van der Waals surface area contributed by atoms with E-state index in [1.54, 1.807) is 0 Å². The van der Waals surface area contributed by atoms with E-state index in [9.17, 15) is 5.11 Å². The zero-order valence-electron chi connectivity index (χ0n) is 16.9. The van der Waals surface area contributed by atoms with Gasteiger partial charge in [-0.25, -0.2) is 4.98 Å². The molecule has 3 N–H and O–H groups in total. The summed E-state index contributed by atoms with van der Waals surface area (Å²) in [6, 6.07) is 18.2. The quantitative estimate of drug-likeness (QED) is 0.545. The number of benzene rings is 2. The molecule has 3 aromatic rings. The first kappa shape index (κ1) is 19.8. The van der Waals surface area contributed by atoms with Crippen LogP contribution in [0.1, 0.15) is 25.0 Å². The molecule has 5 heteroatoms. The average molecular weight is 377 g/mol. The lowest BCUT2D eigenvalue weighted by atomic mass is 10.1. The monoisotopic (exact) mass is 376 g/mol. The van der Waals surface area contributed by atoms with Gasteiger partial charge in [-0.1, -0.05) is 56.3 Å². The van der Waals surface area contributed by atoms with Crippen molar-refractivity contribution < 1.29 is 5.11 Å². The summed E-state index contributed by atoms with van der Waals surface area (Å²) in [5.41, 5.74) is 5.19. The molecule has 0 fully saturated rings. The van der Waals surface area contributed by atoms with Crippen molar-refractivity contribution in [3.8, 4) is 11.3 Å². The highest BCUT2D eigenvalue weighted by Crippen LogP contribution is 2.26. The van der Waals surface area contributed by atoms with Crippen LogP contribution in [0.15, 0.2) is 54.6 Å². The van der Waals surface area contributed by atoms with Crippen molar-refractivity contribution in [1.29, 1.82) is 0 Å². The van der Waals surface area contributed by atoms with Gasteiger partial charge >= 0.3 is 0 Å². The maximum atomic E-state index is 9.68. The maximum absolute atomic E-state index is 9.68. The summed E-state index contributed by atoms with van der Waals surface area (Å²) in [5, 5.41) is 16.4. The number of aliphatic hydroxyl groups excluding tert-OH is 1. The third kappa shape index (κ3) is 4.87. The second kappa shape index (κ2) is 8.85. The molecule has 28 heavy (non-hydrogen) atoms. The second-order valence-electron chi connectivity index (χ2n) is 7.45. The number of hydrogen-bond donors (Lipinski definition) is 3. The van der Waals surface area contributed by atoms with Gasteiger partial charge in [0.1, 0.15) is 5.82 Å². The number of aromatic nitrogens is 2. The van der Waals surface area contributed by atoms with E-state index in [1.807, 2.05) is 36.4 Å². The third-order valence-electron chi connectivity index (χ3n) is 4.77. The highest BCUT2D eigenvalue weighted by molar-refractivity contribution is 5.68. The SMILES string of the molecule is Cc1ccc(C)c(Nc2cc(-c3ccccc3)nc(N[C@H](CO)C(C)C)n2)c1. The van der Waals surface area contributed by atoms with Gasteiger partial charge in [0.05, 0.1) is 18.3 Å². The molecule has 1 atom stereocenters. The fourth-order valence-corrected chi connectivity index (χ4v) is 2.93. The van der Waals surface area contributed by atoms with Crippen molar-refractivity contribution in [2.75, 3.05) is 17.2 Å². The van der Waals surface area contributed by atoms with Crippen molar-refractivity contribution >= 4 is 17.5 Å². The van der Waals surface area contributed by atoms with Crippen LogP contribution in [0.3, 0.4) is 0 Å². The predicted molar refractivity (Wildman–Crippen MR) is 116 cm³/mol. The van der Waals surface area contributed by atoms with Crippen molar-refractivity contribution in [1.82, 2.24) is 9.97 Å². The third-order valence-corrected chi connectivity index (χ3v) is 4.77. The van der Waals surface area contributed by atoms with E-state index in [4.69, 9.17) is 0 Å². The van der Waals surface area contributed by atoms with Gasteiger partial charge in [-0.2, -0.15) is 4.98 Å². The smallest absolute Gasteiger partial charge is 0.225 e. The Labute approximate surface area is 166 Å². The predicted octanol–water partition coefficient (Wildman–Crippen LogP) is 4.93. The first-order valence-electron chi connectivity index (χ1n) is 9.62. The van der Waals surface area contributed by atoms with Gasteiger partial charge in [0.15, 0.2) is 0 Å². The van der Waals surface area contributed by atoms with Gasteiger partial charge in [0, 0.05) is 17.3 Å². The van der Waals surface area contributed by atoms with Crippen LogP contribution >= 0.6 is 0 Å². The molecule has 0 saturated carbocycles. The topological polar surface area (TPSA) is 70.1 Å². The number of aryl methyl sites for hydroxylation is 2. The maximum Gasteiger partial charge on any atom is 0.225 e. The Morgan fingerprint density at radius 3 is 2.39 bits per heavy atom. The number of rotatable bonds is 7. The Balaban J connectivity index is 2.00. The largest absolute Gasteiger partial charge is 0.394 e. The molecular weight excluding hydrogens is 348 g/mol. The van der Waals surface area contributed by atoms with Gasteiger partial charge in [0.2, 0.25) is 5.95 Å². The van der Waals surface area contributed by atoms with Crippen LogP contribution < -0.4 is 10.6 Å². The fraction of sp³-hybridized carbons (Fsp3) is 0.304. The molecule has 0 bridgehead atoms. The molecular formula is C23H28N4O. The minimum absolute atomic E-state index is 0.0241. The molecule has 0 aliphatic rings. The Hall–Kier alpha value is -2.92. The van der Waals surface area contributed by atoms with Crippen LogP contribution in [0.4, 0.5) is 17.5 Å². The Morgan fingerprint density at radius 1 is 0.964 bits per heavy atom. The van der Waals surface area contributed by atoms with Crippen molar-refractivity contribution in [2.24, 2.45) is 5.92 Å². The molecule has 0 aliphatic heterocycles. The molecule has 2 aromatic carbocycles. The summed E-state index contributed by atoms with van der Waals surface area (Å²) in [7, 11) is 0. The van der Waals surface area contributed by atoms with Crippen LogP contribution in [0.5, 0.6) is 0 Å². The van der Waals surface area contributed by atoms with Gasteiger partial charge in [-0.05, 0) is 37.0 Å². The molecule has 1 aromatic heterocycles. The standard InChI is InChI=1S/C23H28N4O/c1-15(2)21(14-28)26-23-25-20(18-8-6-5-7-9-18)13-22(27-23)24-19-12-16(3)10-11-17(19)4/h5-13,15,21,28H,14H2,1-4H3,(H2,24,25,26,27)/t21-/m1/s1. The van der Waals surface area contributed by atoms with E-state index >= 15 is 0 Å². The minimum atomic E-state index is -0.112. The summed E-state index contributed by atoms with van der Waals surface area (Å²) in [4.78, 5) is 9.33. The summed E-state index contributed by atoms with van der Waals surface area (Å²) >= 11 is 0. The second-order valence-corrected chi connectivity index (χ2v) is 7.45. The average Bonchev–Trinajstić information content (AvgIpc) is 2.69. The van der Waals surface area contributed by atoms with E-state index < -0.39 is 0 Å². The Kier molecular flexibility index (Phi) is 6.26. The van der Waals surface area contributed by atoms with E-state index in [0.29, 0.717) is 11.8 Å². The lowest BCUT2D eigenvalue weighted by Gasteiger charge is -2.21. The number of nitrogens with one attached hydrogen (secondary N) is 2. The number of anilines is 3. The highest BCUT2D eigenvalue weighted by atomic mass is 16.3.